The van der Waals surface area contributed by atoms with E-state index < -0.39 is 5.41 Å². The summed E-state index contributed by atoms with van der Waals surface area (Å²) in [5.41, 5.74) is -0.394. The number of ether oxygens (including phenoxy) is 2. The Hall–Kier alpha value is -0.590. The Kier molecular flexibility index (Phi) is 9.28. The maximum Gasteiger partial charge on any atom is 0.176 e. The van der Waals surface area contributed by atoms with E-state index in [-0.39, 0.29) is 6.29 Å². The van der Waals surface area contributed by atoms with Gasteiger partial charge in [-0.05, 0) is 38.0 Å². The molecular weight excluding hydrogens is 310 g/mol. The highest BCUT2D eigenvalue weighted by Crippen LogP contribution is 2.45. The van der Waals surface area contributed by atoms with Crippen molar-refractivity contribution in [3.05, 3.63) is 0 Å². The molecule has 1 aliphatic heterocycles. The molecule has 0 aromatic rings. The molecule has 0 bridgehead atoms. The molecule has 0 aromatic carbocycles. The molecule has 1 saturated carbocycles. The van der Waals surface area contributed by atoms with E-state index >= 15 is 0 Å². The van der Waals surface area contributed by atoms with E-state index in [1.807, 2.05) is 0 Å². The maximum atomic E-state index is 9.85. The van der Waals surface area contributed by atoms with E-state index in [1.165, 1.54) is 70.6 Å². The minimum absolute atomic E-state index is 0.291. The zero-order valence-electron chi connectivity index (χ0n) is 16.6. The highest BCUT2D eigenvalue weighted by molar-refractivity contribution is 5.04. The molecule has 3 heteroatoms. The lowest BCUT2D eigenvalue weighted by atomic mass is 9.69. The van der Waals surface area contributed by atoms with Crippen LogP contribution in [0.1, 0.15) is 97.3 Å². The van der Waals surface area contributed by atoms with Crippen LogP contribution in [-0.2, 0) is 9.47 Å². The molecule has 25 heavy (non-hydrogen) atoms. The van der Waals surface area contributed by atoms with Crippen LogP contribution < -0.4 is 0 Å². The summed E-state index contributed by atoms with van der Waals surface area (Å²) in [4.78, 5) is 0. The van der Waals surface area contributed by atoms with Crippen LogP contribution >= 0.6 is 0 Å². The van der Waals surface area contributed by atoms with Gasteiger partial charge in [-0.25, -0.2) is 0 Å². The first-order valence-corrected chi connectivity index (χ1v) is 10.9. The van der Waals surface area contributed by atoms with Gasteiger partial charge in [0, 0.05) is 5.92 Å². The summed E-state index contributed by atoms with van der Waals surface area (Å²) in [5.74, 6) is 1.33. The molecule has 144 valence electrons. The van der Waals surface area contributed by atoms with Crippen molar-refractivity contribution in [2.45, 2.75) is 104 Å². The first kappa shape index (κ1) is 20.7. The van der Waals surface area contributed by atoms with Crippen LogP contribution in [0, 0.1) is 28.6 Å². The van der Waals surface area contributed by atoms with Crippen LogP contribution in [0.3, 0.4) is 0 Å². The molecule has 1 aliphatic carbocycles. The fourth-order valence-corrected chi connectivity index (χ4v) is 4.45. The van der Waals surface area contributed by atoms with Gasteiger partial charge in [0.15, 0.2) is 6.29 Å². The first-order valence-electron chi connectivity index (χ1n) is 10.9. The van der Waals surface area contributed by atoms with Crippen LogP contribution in [0.5, 0.6) is 0 Å². The second-order valence-electron chi connectivity index (χ2n) is 8.42. The molecule has 0 spiro atoms. The van der Waals surface area contributed by atoms with Crippen molar-refractivity contribution in [3.8, 4) is 6.07 Å². The van der Waals surface area contributed by atoms with E-state index in [2.05, 4.69) is 19.9 Å². The highest BCUT2D eigenvalue weighted by Gasteiger charge is 2.45. The summed E-state index contributed by atoms with van der Waals surface area (Å²) in [5, 5.41) is 9.85. The third-order valence-corrected chi connectivity index (χ3v) is 6.32. The fraction of sp³-hybridized carbons (Fsp3) is 0.955. The smallest absolute Gasteiger partial charge is 0.176 e. The molecule has 0 amide bonds. The van der Waals surface area contributed by atoms with Crippen molar-refractivity contribution in [3.63, 3.8) is 0 Å². The van der Waals surface area contributed by atoms with Gasteiger partial charge in [-0.15, -0.1) is 0 Å². The second-order valence-corrected chi connectivity index (χ2v) is 8.42. The number of unbranched alkanes of at least 4 members (excludes halogenated alkanes) is 5. The molecule has 1 saturated heterocycles. The van der Waals surface area contributed by atoms with Gasteiger partial charge in [0.1, 0.15) is 5.41 Å². The normalized spacial score (nSPS) is 33.1. The van der Waals surface area contributed by atoms with Crippen LogP contribution in [-0.4, -0.2) is 19.5 Å². The second kappa shape index (κ2) is 11.2. The molecule has 0 N–H and O–H groups in total. The Morgan fingerprint density at radius 3 is 2.00 bits per heavy atom. The average molecular weight is 350 g/mol. The Bertz CT molecular complexity index is 387. The molecule has 3 nitrogen and oxygen atoms in total. The van der Waals surface area contributed by atoms with E-state index in [9.17, 15) is 5.26 Å². The van der Waals surface area contributed by atoms with Gasteiger partial charge in [0.25, 0.3) is 0 Å². The highest BCUT2D eigenvalue weighted by atomic mass is 16.7. The van der Waals surface area contributed by atoms with Crippen LogP contribution in [0.15, 0.2) is 0 Å². The molecular formula is C22H39NO2. The number of hydrogen-bond donors (Lipinski definition) is 0. The fourth-order valence-electron chi connectivity index (χ4n) is 4.45. The zero-order chi connectivity index (χ0) is 18.0. The van der Waals surface area contributed by atoms with Gasteiger partial charge < -0.3 is 9.47 Å². The van der Waals surface area contributed by atoms with Gasteiger partial charge in [-0.2, -0.15) is 5.26 Å². The SMILES string of the molecule is CCCCCCC1COC(C2(C#N)CCC(CCCCC)CC2)OC1. The molecule has 2 rings (SSSR count). The van der Waals surface area contributed by atoms with Gasteiger partial charge in [0.05, 0.1) is 19.3 Å². The Labute approximate surface area is 155 Å². The van der Waals surface area contributed by atoms with E-state index in [4.69, 9.17) is 9.47 Å². The van der Waals surface area contributed by atoms with Crippen molar-refractivity contribution < 1.29 is 9.47 Å². The number of rotatable bonds is 10. The van der Waals surface area contributed by atoms with E-state index in [0.717, 1.165) is 32.0 Å². The van der Waals surface area contributed by atoms with Crippen LogP contribution in [0.2, 0.25) is 0 Å². The first-order chi connectivity index (χ1) is 12.2. The summed E-state index contributed by atoms with van der Waals surface area (Å²) in [6.07, 6.45) is 15.7. The van der Waals surface area contributed by atoms with E-state index in [1.54, 1.807) is 0 Å². The molecule has 0 unspecified atom stereocenters. The minimum Gasteiger partial charge on any atom is -0.351 e. The molecule has 2 fully saturated rings. The number of nitrogens with zero attached hydrogens (tertiary/aromatic N) is 1. The van der Waals surface area contributed by atoms with Gasteiger partial charge in [0.2, 0.25) is 0 Å². The standard InChI is InChI=1S/C22H39NO2/c1-3-5-7-9-11-20-16-24-21(25-17-20)22(18-23)14-12-19(13-15-22)10-8-6-4-2/h19-21H,3-17H2,1-2H3. The number of nitriles is 1. The molecule has 0 atom stereocenters. The maximum absolute atomic E-state index is 9.85. The number of hydrogen-bond acceptors (Lipinski definition) is 3. The summed E-state index contributed by atoms with van der Waals surface area (Å²) in [6.45, 7) is 6.06. The average Bonchev–Trinajstić information content (AvgIpc) is 2.67. The lowest BCUT2D eigenvalue weighted by Gasteiger charge is -2.42. The lowest BCUT2D eigenvalue weighted by Crippen LogP contribution is -2.45. The van der Waals surface area contributed by atoms with Crippen molar-refractivity contribution >= 4 is 0 Å². The topological polar surface area (TPSA) is 42.2 Å². The van der Waals surface area contributed by atoms with Crippen molar-refractivity contribution in [1.29, 1.82) is 5.26 Å². The Morgan fingerprint density at radius 2 is 1.40 bits per heavy atom. The Balaban J connectivity index is 1.72. The molecule has 0 aromatic heterocycles. The zero-order valence-corrected chi connectivity index (χ0v) is 16.6. The molecule has 0 radical (unpaired) electrons. The predicted molar refractivity (Wildman–Crippen MR) is 102 cm³/mol. The van der Waals surface area contributed by atoms with Crippen molar-refractivity contribution in [2.75, 3.05) is 13.2 Å². The van der Waals surface area contributed by atoms with Gasteiger partial charge >= 0.3 is 0 Å². The minimum atomic E-state index is -0.394. The van der Waals surface area contributed by atoms with Crippen molar-refractivity contribution in [1.82, 2.24) is 0 Å². The lowest BCUT2D eigenvalue weighted by molar-refractivity contribution is -0.247. The molecule has 1 heterocycles. The van der Waals surface area contributed by atoms with E-state index in [0.29, 0.717) is 5.92 Å². The van der Waals surface area contributed by atoms with Crippen molar-refractivity contribution in [2.24, 2.45) is 17.3 Å². The van der Waals surface area contributed by atoms with Gasteiger partial charge in [-0.3, -0.25) is 0 Å². The van der Waals surface area contributed by atoms with Crippen LogP contribution in [0.25, 0.3) is 0 Å². The predicted octanol–water partition coefficient (Wildman–Crippen LogP) is 6.23. The summed E-state index contributed by atoms with van der Waals surface area (Å²) < 4.78 is 12.1. The van der Waals surface area contributed by atoms with Gasteiger partial charge in [-0.1, -0.05) is 65.2 Å². The summed E-state index contributed by atoms with van der Waals surface area (Å²) >= 11 is 0. The Morgan fingerprint density at radius 1 is 0.840 bits per heavy atom. The monoisotopic (exact) mass is 349 g/mol. The quantitative estimate of drug-likeness (QED) is 0.439. The molecule has 2 aliphatic rings. The third kappa shape index (κ3) is 6.26. The third-order valence-electron chi connectivity index (χ3n) is 6.32. The van der Waals surface area contributed by atoms with Crippen LogP contribution in [0.4, 0.5) is 0 Å². The largest absolute Gasteiger partial charge is 0.351 e. The summed E-state index contributed by atoms with van der Waals surface area (Å²) in [7, 11) is 0. The summed E-state index contributed by atoms with van der Waals surface area (Å²) in [6, 6.07) is 2.60.